The zero-order chi connectivity index (χ0) is 24.0. The first-order valence-corrected chi connectivity index (χ1v) is 12.4. The number of carbonyl (C=O) groups is 1. The molecule has 0 radical (unpaired) electrons. The number of anilines is 4. The van der Waals surface area contributed by atoms with Crippen molar-refractivity contribution in [2.75, 3.05) is 41.7 Å². The van der Waals surface area contributed by atoms with E-state index in [0.29, 0.717) is 5.95 Å². The molecule has 2 N–H and O–H groups in total. The normalized spacial score (nSPS) is 14.0. The first-order valence-electron chi connectivity index (χ1n) is 11.6. The Labute approximate surface area is 208 Å². The Morgan fingerprint density at radius 3 is 2.54 bits per heavy atom. The SMILES string of the molecule is CC(=O)Nc1ccc(-c2ccnc(Nc3cccc(N4CCN(Cc5nccs5)CC4)c3)n2)cc1. The van der Waals surface area contributed by atoms with E-state index in [2.05, 4.69) is 53.6 Å². The monoisotopic (exact) mass is 485 g/mol. The van der Waals surface area contributed by atoms with Gasteiger partial charge < -0.3 is 15.5 Å². The lowest BCUT2D eigenvalue weighted by Gasteiger charge is -2.35. The van der Waals surface area contributed by atoms with Gasteiger partial charge in [-0.1, -0.05) is 18.2 Å². The topological polar surface area (TPSA) is 86.3 Å². The largest absolute Gasteiger partial charge is 0.369 e. The van der Waals surface area contributed by atoms with Crippen LogP contribution in [0.25, 0.3) is 11.3 Å². The number of hydrogen-bond acceptors (Lipinski definition) is 8. The van der Waals surface area contributed by atoms with Crippen LogP contribution in [0.15, 0.2) is 72.4 Å². The first kappa shape index (κ1) is 22.9. The van der Waals surface area contributed by atoms with Crippen LogP contribution in [0.3, 0.4) is 0 Å². The fourth-order valence-corrected chi connectivity index (χ4v) is 4.76. The molecule has 178 valence electrons. The van der Waals surface area contributed by atoms with Gasteiger partial charge in [0.15, 0.2) is 0 Å². The lowest BCUT2D eigenvalue weighted by molar-refractivity contribution is -0.114. The minimum absolute atomic E-state index is 0.0916. The molecule has 0 bridgehead atoms. The van der Waals surface area contributed by atoms with Crippen molar-refractivity contribution in [1.29, 1.82) is 0 Å². The van der Waals surface area contributed by atoms with Crippen molar-refractivity contribution in [2.24, 2.45) is 0 Å². The number of nitrogens with zero attached hydrogens (tertiary/aromatic N) is 5. The van der Waals surface area contributed by atoms with Gasteiger partial charge in [-0.25, -0.2) is 15.0 Å². The smallest absolute Gasteiger partial charge is 0.227 e. The van der Waals surface area contributed by atoms with Crippen LogP contribution in [0.5, 0.6) is 0 Å². The van der Waals surface area contributed by atoms with Crippen LogP contribution < -0.4 is 15.5 Å². The molecule has 0 aliphatic carbocycles. The third kappa shape index (κ3) is 6.00. The highest BCUT2D eigenvalue weighted by Gasteiger charge is 2.18. The summed E-state index contributed by atoms with van der Waals surface area (Å²) in [6.45, 7) is 6.42. The third-order valence-electron chi connectivity index (χ3n) is 5.84. The van der Waals surface area contributed by atoms with Crippen LogP contribution in [0, 0.1) is 0 Å². The van der Waals surface area contributed by atoms with Gasteiger partial charge in [0.25, 0.3) is 0 Å². The van der Waals surface area contributed by atoms with E-state index >= 15 is 0 Å². The number of hydrogen-bond donors (Lipinski definition) is 2. The Balaban J connectivity index is 1.22. The van der Waals surface area contributed by atoms with Gasteiger partial charge >= 0.3 is 0 Å². The van der Waals surface area contributed by atoms with Gasteiger partial charge in [-0.15, -0.1) is 11.3 Å². The molecule has 4 aromatic rings. The zero-order valence-corrected chi connectivity index (χ0v) is 20.3. The quantitative estimate of drug-likeness (QED) is 0.395. The molecule has 2 aromatic heterocycles. The van der Waals surface area contributed by atoms with Crippen molar-refractivity contribution in [3.05, 3.63) is 77.4 Å². The van der Waals surface area contributed by atoms with Gasteiger partial charge in [0.2, 0.25) is 11.9 Å². The van der Waals surface area contributed by atoms with Crippen LogP contribution in [0.2, 0.25) is 0 Å². The van der Waals surface area contributed by atoms with Crippen molar-refractivity contribution in [3.8, 4) is 11.3 Å². The molecule has 2 aromatic carbocycles. The van der Waals surface area contributed by atoms with Crippen molar-refractivity contribution in [1.82, 2.24) is 19.9 Å². The van der Waals surface area contributed by atoms with Crippen LogP contribution in [-0.2, 0) is 11.3 Å². The summed E-state index contributed by atoms with van der Waals surface area (Å²) in [5, 5.41) is 9.34. The summed E-state index contributed by atoms with van der Waals surface area (Å²) in [4.78, 5) is 29.6. The summed E-state index contributed by atoms with van der Waals surface area (Å²) in [5.41, 5.74) is 4.66. The fourth-order valence-electron chi connectivity index (χ4n) is 4.10. The summed E-state index contributed by atoms with van der Waals surface area (Å²) in [6.07, 6.45) is 3.62. The van der Waals surface area contributed by atoms with Gasteiger partial charge in [-0.05, 0) is 36.4 Å². The number of aromatic nitrogens is 3. The van der Waals surface area contributed by atoms with E-state index in [1.165, 1.54) is 17.6 Å². The maximum Gasteiger partial charge on any atom is 0.227 e. The van der Waals surface area contributed by atoms with Crippen molar-refractivity contribution in [3.63, 3.8) is 0 Å². The number of nitrogens with one attached hydrogen (secondary N) is 2. The van der Waals surface area contributed by atoms with Gasteiger partial charge in [0, 0.05) is 73.5 Å². The maximum atomic E-state index is 11.2. The molecule has 8 nitrogen and oxygen atoms in total. The number of benzene rings is 2. The van der Waals surface area contributed by atoms with Gasteiger partial charge in [-0.2, -0.15) is 0 Å². The van der Waals surface area contributed by atoms with Crippen molar-refractivity contribution in [2.45, 2.75) is 13.5 Å². The van der Waals surface area contributed by atoms with E-state index in [0.717, 1.165) is 55.4 Å². The molecule has 1 amide bonds. The van der Waals surface area contributed by atoms with E-state index in [9.17, 15) is 4.79 Å². The summed E-state index contributed by atoms with van der Waals surface area (Å²) in [7, 11) is 0. The van der Waals surface area contributed by atoms with E-state index in [-0.39, 0.29) is 5.91 Å². The minimum Gasteiger partial charge on any atom is -0.369 e. The molecule has 1 saturated heterocycles. The van der Waals surface area contributed by atoms with Crippen molar-refractivity contribution < 1.29 is 4.79 Å². The summed E-state index contributed by atoms with van der Waals surface area (Å²) < 4.78 is 0. The summed E-state index contributed by atoms with van der Waals surface area (Å²) in [5.74, 6) is 0.449. The molecule has 1 aliphatic heterocycles. The molecule has 9 heteroatoms. The highest BCUT2D eigenvalue weighted by molar-refractivity contribution is 7.09. The molecule has 1 aliphatic rings. The second kappa shape index (κ2) is 10.6. The molecular formula is C26H27N7OS. The highest BCUT2D eigenvalue weighted by Crippen LogP contribution is 2.25. The van der Waals surface area contributed by atoms with Crippen molar-refractivity contribution >= 4 is 40.3 Å². The van der Waals surface area contributed by atoms with Gasteiger partial charge in [-0.3, -0.25) is 9.69 Å². The molecule has 0 spiro atoms. The zero-order valence-electron chi connectivity index (χ0n) is 19.5. The lowest BCUT2D eigenvalue weighted by Crippen LogP contribution is -2.45. The molecule has 1 fully saturated rings. The fraction of sp³-hybridized carbons (Fsp3) is 0.231. The lowest BCUT2D eigenvalue weighted by atomic mass is 10.1. The number of rotatable bonds is 7. The molecular weight excluding hydrogens is 458 g/mol. The highest BCUT2D eigenvalue weighted by atomic mass is 32.1. The van der Waals surface area contributed by atoms with Crippen LogP contribution in [0.1, 0.15) is 11.9 Å². The predicted octanol–water partition coefficient (Wildman–Crippen LogP) is 4.62. The Bertz CT molecular complexity index is 1270. The van der Waals surface area contributed by atoms with E-state index in [4.69, 9.17) is 0 Å². The van der Waals surface area contributed by atoms with E-state index in [1.54, 1.807) is 17.5 Å². The molecule has 5 rings (SSSR count). The Kier molecular flexibility index (Phi) is 6.97. The van der Waals surface area contributed by atoms with E-state index < -0.39 is 0 Å². The minimum atomic E-state index is -0.0916. The predicted molar refractivity (Wildman–Crippen MR) is 141 cm³/mol. The van der Waals surface area contributed by atoms with Crippen LogP contribution in [0.4, 0.5) is 23.0 Å². The average molecular weight is 486 g/mol. The Morgan fingerprint density at radius 1 is 0.971 bits per heavy atom. The molecule has 0 saturated carbocycles. The molecule has 0 atom stereocenters. The van der Waals surface area contributed by atoms with Gasteiger partial charge in [0.05, 0.1) is 12.2 Å². The summed E-state index contributed by atoms with van der Waals surface area (Å²) >= 11 is 1.72. The Morgan fingerprint density at radius 2 is 1.80 bits per heavy atom. The van der Waals surface area contributed by atoms with Crippen LogP contribution >= 0.6 is 11.3 Å². The third-order valence-corrected chi connectivity index (χ3v) is 6.60. The maximum absolute atomic E-state index is 11.2. The molecule has 0 unspecified atom stereocenters. The second-order valence-electron chi connectivity index (χ2n) is 8.39. The van der Waals surface area contributed by atoms with Crippen LogP contribution in [-0.4, -0.2) is 51.9 Å². The Hall–Kier alpha value is -3.82. The number of amides is 1. The summed E-state index contributed by atoms with van der Waals surface area (Å²) in [6, 6.07) is 17.9. The molecule has 3 heterocycles. The standard InChI is InChI=1S/C26H27N7OS/c1-19(34)29-21-7-5-20(6-8-21)24-9-10-28-26(31-24)30-22-3-2-4-23(17-22)33-14-12-32(13-15-33)18-25-27-11-16-35-25/h2-11,16-17H,12-15,18H2,1H3,(H,29,34)(H,28,30,31). The molecule has 35 heavy (non-hydrogen) atoms. The number of thiazole rings is 1. The van der Waals surface area contributed by atoms with E-state index in [1.807, 2.05) is 48.0 Å². The number of carbonyl (C=O) groups excluding carboxylic acids is 1. The second-order valence-corrected chi connectivity index (χ2v) is 9.37. The number of piperazine rings is 1. The average Bonchev–Trinajstić information content (AvgIpc) is 3.38. The first-order chi connectivity index (χ1) is 17.1. The van der Waals surface area contributed by atoms with Gasteiger partial charge in [0.1, 0.15) is 5.01 Å².